The molecule has 10 aromatic carbocycles. The summed E-state index contributed by atoms with van der Waals surface area (Å²) >= 11 is 1.96. The molecule has 17 aromatic rings. The number of pyridine rings is 2. The van der Waals surface area contributed by atoms with Crippen molar-refractivity contribution in [3.8, 4) is 56.3 Å². The summed E-state index contributed by atoms with van der Waals surface area (Å²) < 4.78 is 16.2. The Bertz CT molecular complexity index is 7650. The zero-order chi connectivity index (χ0) is 91.2. The number of hydrogen-bond acceptors (Lipinski definition) is 6. The average molecular weight is 1670 g/mol. The molecule has 0 aliphatic heterocycles. The van der Waals surface area contributed by atoms with Gasteiger partial charge in [-0.15, -0.1) is 11.3 Å². The van der Waals surface area contributed by atoms with E-state index in [1.54, 1.807) is 0 Å². The Morgan fingerprint density at radius 1 is 0.264 bits per heavy atom. The van der Waals surface area contributed by atoms with E-state index in [1.165, 1.54) is 303 Å². The maximum atomic E-state index is 6.57. The smallest absolute Gasteiger partial charge is 0.146 e. The fraction of sp³-hybridized carbons (Fsp3) is 0.362. The highest BCUT2D eigenvalue weighted by molar-refractivity contribution is 7.26. The number of aryl methyl sites for hydroxylation is 21. The molecule has 0 amide bonds. The number of thiophene rings is 1. The van der Waals surface area contributed by atoms with Gasteiger partial charge in [-0.3, -0.25) is 9.38 Å². The lowest BCUT2D eigenvalue weighted by Crippen LogP contribution is -2.27. The highest BCUT2D eigenvalue weighted by atomic mass is 32.1. The van der Waals surface area contributed by atoms with E-state index < -0.39 is 5.41 Å². The van der Waals surface area contributed by atoms with Gasteiger partial charge in [0, 0.05) is 89.7 Å². The third-order valence-corrected chi connectivity index (χ3v) is 34.2. The van der Waals surface area contributed by atoms with Crippen molar-refractivity contribution in [2.24, 2.45) is 14.1 Å². The molecule has 7 aromatic heterocycles. The van der Waals surface area contributed by atoms with Gasteiger partial charge in [0.2, 0.25) is 0 Å². The van der Waals surface area contributed by atoms with E-state index in [4.69, 9.17) is 24.4 Å². The average Bonchev–Trinajstić information content (AvgIpc) is 1.50. The molecule has 0 saturated heterocycles. The van der Waals surface area contributed by atoms with Crippen LogP contribution in [-0.2, 0) is 19.5 Å². The van der Waals surface area contributed by atoms with E-state index in [1.807, 2.05) is 11.3 Å². The summed E-state index contributed by atoms with van der Waals surface area (Å²) in [5.41, 5.74) is 71.9. The normalized spacial score (nSPS) is 12.6. The maximum absolute atomic E-state index is 6.57. The first kappa shape index (κ1) is 87.5. The van der Waals surface area contributed by atoms with Gasteiger partial charge in [0.25, 0.3) is 0 Å². The van der Waals surface area contributed by atoms with Crippen molar-refractivity contribution in [2.45, 2.75) is 275 Å². The third kappa shape index (κ3) is 12.3. The number of aromatic nitrogens is 7. The van der Waals surface area contributed by atoms with Crippen molar-refractivity contribution in [1.29, 1.82) is 0 Å². The fourth-order valence-electron chi connectivity index (χ4n) is 21.9. The molecule has 0 atom stereocenters. The van der Waals surface area contributed by atoms with Crippen LogP contribution in [0.25, 0.3) is 126 Å². The molecule has 125 heavy (non-hydrogen) atoms. The predicted octanol–water partition coefficient (Wildman–Crippen LogP) is 31.2. The second kappa shape index (κ2) is 30.4. The maximum Gasteiger partial charge on any atom is 0.146 e. The molecule has 0 saturated carbocycles. The van der Waals surface area contributed by atoms with Crippen molar-refractivity contribution < 1.29 is 4.42 Å². The van der Waals surface area contributed by atoms with Crippen LogP contribution in [0.15, 0.2) is 52.9 Å². The number of hydrogen-bond donors (Lipinski definition) is 0. The summed E-state index contributed by atoms with van der Waals surface area (Å²) in [4.78, 5) is 20.0. The number of rotatable bonds is 3. The Labute approximate surface area is 748 Å². The predicted molar refractivity (Wildman–Crippen MR) is 538 cm³/mol. The molecule has 642 valence electrons. The van der Waals surface area contributed by atoms with E-state index in [0.29, 0.717) is 0 Å². The first-order chi connectivity index (χ1) is 58.6. The second-order valence-electron chi connectivity index (χ2n) is 38.6. The van der Waals surface area contributed by atoms with Crippen molar-refractivity contribution >= 4 is 80.8 Å². The molecule has 1 spiro atoms. The third-order valence-electron chi connectivity index (χ3n) is 32.8. The lowest BCUT2D eigenvalue weighted by Gasteiger charge is -2.32. The first-order valence-corrected chi connectivity index (χ1v) is 46.0. The van der Waals surface area contributed by atoms with Gasteiger partial charge in [-0.2, -0.15) is 0 Å². The molecule has 0 unspecified atom stereocenters. The Kier molecular flexibility index (Phi) is 21.3. The Balaban J connectivity index is 0.000000127. The first-order valence-electron chi connectivity index (χ1n) is 45.2. The van der Waals surface area contributed by atoms with Gasteiger partial charge in [-0.1, -0.05) is 18.2 Å². The minimum atomic E-state index is -0.394. The molecule has 2 aliphatic carbocycles. The van der Waals surface area contributed by atoms with Gasteiger partial charge in [-0.05, 0) is 528 Å². The zero-order valence-corrected chi connectivity index (χ0v) is 83.9. The summed E-state index contributed by atoms with van der Waals surface area (Å²) in [6.07, 6.45) is 0. The molecule has 0 bridgehead atoms. The minimum Gasteiger partial charge on any atom is -0.455 e. The van der Waals surface area contributed by atoms with Crippen LogP contribution in [0.2, 0.25) is 0 Å². The van der Waals surface area contributed by atoms with E-state index >= 15 is 0 Å². The van der Waals surface area contributed by atoms with Crippen molar-refractivity contribution in [2.75, 3.05) is 0 Å². The largest absolute Gasteiger partial charge is 0.455 e. The van der Waals surface area contributed by atoms with Crippen molar-refractivity contribution in [1.82, 2.24) is 33.5 Å². The standard InChI is InChI=1S/C44H47N.C24H28N2O.C24H28N2S.C24H28N2/c1-20-16-35-40(29(10)24(20)5)39-23(4)15-34(43-32(13)27(8)28(9)33(14)45-43)19-38(39)44(35)36-17-21(2)25(6)30(11)41(36)42-31(12)26(7)22(3)18-37(42)44;1-11-10-19(24-25-17(7)18(8)26(24)9)23-20(12(11)2)21-15(5)13(3)14(4)16(6)22(21)27-23;1-11-10-19(24-25-17(7)18(8)26(24)9)16(6)21-20-14(4)12(2)13(3)15(5)23(20)27-22(11)21;1-11-10-20-21(15(5)12(11)2)22-16(6)13(3)14(4)17(7)23(22)26-19(9)18(8)25-24(20)26/h15-19H,1-14H3;2*10H,1-9H3;10H,1-9H3. The molecule has 7 heterocycles. The van der Waals surface area contributed by atoms with Gasteiger partial charge in [0.05, 0.1) is 39.3 Å². The number of nitrogens with zero attached hydrogens (tertiary/aromatic N) is 7. The monoisotopic (exact) mass is 1670 g/mol. The molecule has 0 radical (unpaired) electrons. The van der Waals surface area contributed by atoms with Crippen LogP contribution in [0.4, 0.5) is 0 Å². The Morgan fingerprint density at radius 2 is 0.664 bits per heavy atom. The lowest BCUT2D eigenvalue weighted by atomic mass is 9.68. The number of imidazole rings is 3. The van der Waals surface area contributed by atoms with Gasteiger partial charge in [0.1, 0.15) is 28.5 Å². The Hall–Kier alpha value is -11.0. The van der Waals surface area contributed by atoms with Crippen LogP contribution >= 0.6 is 11.3 Å². The highest BCUT2D eigenvalue weighted by Gasteiger charge is 2.54. The highest BCUT2D eigenvalue weighted by Crippen LogP contribution is 2.67. The van der Waals surface area contributed by atoms with Crippen LogP contribution in [0, 0.1) is 270 Å². The molecule has 0 N–H and O–H groups in total. The molecule has 8 nitrogen and oxygen atoms in total. The quantitative estimate of drug-likeness (QED) is 0.165. The minimum absolute atomic E-state index is 0.394. The summed E-state index contributed by atoms with van der Waals surface area (Å²) in [6.45, 7) is 87.4. The number of benzene rings is 10. The van der Waals surface area contributed by atoms with Crippen LogP contribution in [-0.4, -0.2) is 33.5 Å². The van der Waals surface area contributed by atoms with Gasteiger partial charge in [-0.25, -0.2) is 15.0 Å². The lowest BCUT2D eigenvalue weighted by molar-refractivity contribution is 0.664. The second-order valence-corrected chi connectivity index (χ2v) is 39.6. The number of furan rings is 1. The summed E-state index contributed by atoms with van der Waals surface area (Å²) in [7, 11) is 4.21. The van der Waals surface area contributed by atoms with Crippen LogP contribution < -0.4 is 0 Å². The van der Waals surface area contributed by atoms with Gasteiger partial charge >= 0.3 is 0 Å². The fourth-order valence-corrected chi connectivity index (χ4v) is 23.4. The molecular formula is C116H131N7OS. The topological polar surface area (TPSA) is 79.0 Å². The van der Waals surface area contributed by atoms with Crippen LogP contribution in [0.3, 0.4) is 0 Å². The molecule has 2 aliphatic rings. The van der Waals surface area contributed by atoms with Crippen molar-refractivity contribution in [3.05, 3.63) is 289 Å². The molecule has 0 fully saturated rings. The summed E-state index contributed by atoms with van der Waals surface area (Å²) in [5.74, 6) is 2.05. The van der Waals surface area contributed by atoms with Crippen LogP contribution in [0.5, 0.6) is 0 Å². The van der Waals surface area contributed by atoms with E-state index in [-0.39, 0.29) is 0 Å². The van der Waals surface area contributed by atoms with Crippen molar-refractivity contribution in [3.63, 3.8) is 0 Å². The zero-order valence-electron chi connectivity index (χ0n) is 83.1. The summed E-state index contributed by atoms with van der Waals surface area (Å²) in [5, 5.41) is 9.42. The van der Waals surface area contributed by atoms with E-state index in [2.05, 4.69) is 346 Å². The Morgan fingerprint density at radius 3 is 1.18 bits per heavy atom. The molecular weight excluding hydrogens is 1540 g/mol. The summed E-state index contributed by atoms with van der Waals surface area (Å²) in [6, 6.07) is 19.5. The van der Waals surface area contributed by atoms with E-state index in [9.17, 15) is 0 Å². The molecule has 9 heteroatoms. The van der Waals surface area contributed by atoms with Gasteiger partial charge in [0.15, 0.2) is 0 Å². The molecule has 19 rings (SSSR count). The van der Waals surface area contributed by atoms with Crippen LogP contribution in [0.1, 0.15) is 240 Å². The van der Waals surface area contributed by atoms with Gasteiger partial charge < -0.3 is 13.6 Å². The number of fused-ring (bicyclic) bond motifs is 22. The SMILES string of the molecule is Cc1cc(-c2nc(C)c(C)n2C)c2oc3c(C)c(C)c(C)c(C)c3c2c1C.Cc1cc2c(c(C)c1C)-c1c(C)cc(-c3nc(C)c(C)c(C)c3C)cc1C21c2cc(C)c(C)c(C)c2-c2c1cc(C)c(C)c2C.Cc1cc2c(c(C)c1C)c1c(C)c(C)c(C)c(C)c1n1c(C)c(C)nc21.Cc1nc(-c2cc(C)c3sc4c(C)c(C)c(C)c(C)c4c3c2C)n(C)c1C. The van der Waals surface area contributed by atoms with E-state index in [0.717, 1.165) is 62.5 Å².